The van der Waals surface area contributed by atoms with E-state index in [1.54, 1.807) is 6.07 Å². The van der Waals surface area contributed by atoms with Crippen molar-refractivity contribution in [2.24, 2.45) is 0 Å². The molecule has 1 heterocycles. The van der Waals surface area contributed by atoms with Crippen LogP contribution in [0.3, 0.4) is 0 Å². The minimum Gasteiger partial charge on any atom is -0.495 e. The predicted octanol–water partition coefficient (Wildman–Crippen LogP) is 3.19. The summed E-state index contributed by atoms with van der Waals surface area (Å²) in [5, 5.41) is 5.62. The first-order chi connectivity index (χ1) is 13.2. The fourth-order valence-electron chi connectivity index (χ4n) is 3.92. The van der Waals surface area contributed by atoms with E-state index in [9.17, 15) is 14.4 Å². The van der Waals surface area contributed by atoms with Gasteiger partial charge in [0.05, 0.1) is 12.8 Å². The van der Waals surface area contributed by atoms with Crippen LogP contribution >= 0.6 is 0 Å². The zero-order valence-corrected chi connectivity index (χ0v) is 17.1. The number of rotatable bonds is 4. The molecule has 0 atom stereocenters. The van der Waals surface area contributed by atoms with Gasteiger partial charge in [0, 0.05) is 0 Å². The highest BCUT2D eigenvalue weighted by molar-refractivity contribution is 6.10. The molecule has 1 aliphatic carbocycles. The van der Waals surface area contributed by atoms with Crippen molar-refractivity contribution in [1.29, 1.82) is 0 Å². The molecule has 1 spiro atoms. The van der Waals surface area contributed by atoms with Crippen LogP contribution < -0.4 is 15.4 Å². The van der Waals surface area contributed by atoms with Crippen molar-refractivity contribution in [2.75, 3.05) is 19.0 Å². The number of methoxy groups -OCH3 is 1. The van der Waals surface area contributed by atoms with Crippen LogP contribution in [-0.2, 0) is 15.0 Å². The Kier molecular flexibility index (Phi) is 5.37. The molecule has 4 amide bonds. The molecule has 28 heavy (non-hydrogen) atoms. The van der Waals surface area contributed by atoms with Crippen LogP contribution in [0.5, 0.6) is 5.75 Å². The monoisotopic (exact) mass is 387 g/mol. The lowest BCUT2D eigenvalue weighted by Crippen LogP contribution is -2.48. The summed E-state index contributed by atoms with van der Waals surface area (Å²) >= 11 is 0. The lowest BCUT2D eigenvalue weighted by atomic mass is 9.82. The zero-order chi connectivity index (χ0) is 20.5. The summed E-state index contributed by atoms with van der Waals surface area (Å²) in [5.74, 6) is -0.189. The van der Waals surface area contributed by atoms with E-state index >= 15 is 0 Å². The third-order valence-electron chi connectivity index (χ3n) is 5.59. The first kappa shape index (κ1) is 20.2. The van der Waals surface area contributed by atoms with E-state index in [0.29, 0.717) is 24.3 Å². The largest absolute Gasteiger partial charge is 0.495 e. The van der Waals surface area contributed by atoms with Crippen LogP contribution in [0.2, 0.25) is 0 Å². The third-order valence-corrected chi connectivity index (χ3v) is 5.59. The van der Waals surface area contributed by atoms with E-state index in [0.717, 1.165) is 29.7 Å². The molecule has 1 aromatic rings. The van der Waals surface area contributed by atoms with Crippen LogP contribution in [0, 0.1) is 0 Å². The number of carbonyl (C=O) groups is 3. The number of ether oxygens (including phenoxy) is 1. The molecule has 1 saturated heterocycles. The van der Waals surface area contributed by atoms with Crippen molar-refractivity contribution in [3.05, 3.63) is 23.8 Å². The van der Waals surface area contributed by atoms with Crippen LogP contribution in [0.4, 0.5) is 10.5 Å². The van der Waals surface area contributed by atoms with E-state index in [2.05, 4.69) is 31.4 Å². The normalized spacial score (nSPS) is 18.9. The molecule has 0 aromatic heterocycles. The Morgan fingerprint density at radius 1 is 1.21 bits per heavy atom. The highest BCUT2D eigenvalue weighted by atomic mass is 16.5. The minimum atomic E-state index is -0.820. The van der Waals surface area contributed by atoms with E-state index in [1.807, 2.05) is 12.1 Å². The Morgan fingerprint density at radius 3 is 2.50 bits per heavy atom. The number of anilines is 1. The number of nitrogens with zero attached hydrogens (tertiary/aromatic N) is 1. The smallest absolute Gasteiger partial charge is 0.325 e. The summed E-state index contributed by atoms with van der Waals surface area (Å²) < 4.78 is 5.34. The number of urea groups is 1. The fourth-order valence-corrected chi connectivity index (χ4v) is 3.92. The molecular formula is C21H29N3O4. The maximum atomic E-state index is 12.8. The van der Waals surface area contributed by atoms with Crippen molar-refractivity contribution >= 4 is 23.5 Å². The van der Waals surface area contributed by atoms with Crippen molar-refractivity contribution in [2.45, 2.75) is 63.8 Å². The van der Waals surface area contributed by atoms with E-state index in [4.69, 9.17) is 4.74 Å². The molecule has 0 bridgehead atoms. The number of nitrogens with one attached hydrogen (secondary N) is 2. The van der Waals surface area contributed by atoms with Crippen LogP contribution in [0.1, 0.15) is 58.4 Å². The molecular weight excluding hydrogens is 358 g/mol. The summed E-state index contributed by atoms with van der Waals surface area (Å²) in [6, 6.07) is 5.14. The van der Waals surface area contributed by atoms with Gasteiger partial charge >= 0.3 is 6.03 Å². The summed E-state index contributed by atoms with van der Waals surface area (Å²) in [7, 11) is 1.53. The first-order valence-corrected chi connectivity index (χ1v) is 9.79. The average molecular weight is 387 g/mol. The predicted molar refractivity (Wildman–Crippen MR) is 106 cm³/mol. The topological polar surface area (TPSA) is 87.7 Å². The quantitative estimate of drug-likeness (QED) is 0.777. The molecule has 3 rings (SSSR count). The van der Waals surface area contributed by atoms with Crippen molar-refractivity contribution in [3.8, 4) is 5.75 Å². The van der Waals surface area contributed by atoms with Gasteiger partial charge in [0.25, 0.3) is 5.91 Å². The Morgan fingerprint density at radius 2 is 1.89 bits per heavy atom. The minimum absolute atomic E-state index is 0.0933. The summed E-state index contributed by atoms with van der Waals surface area (Å²) in [6.45, 7) is 5.93. The molecule has 152 valence electrons. The molecule has 1 aromatic carbocycles. The third kappa shape index (κ3) is 3.84. The maximum Gasteiger partial charge on any atom is 0.325 e. The molecule has 2 N–H and O–H groups in total. The number of hydrogen-bond donors (Lipinski definition) is 2. The first-order valence-electron chi connectivity index (χ1n) is 9.79. The van der Waals surface area contributed by atoms with Crippen LogP contribution in [-0.4, -0.2) is 41.9 Å². The number of imide groups is 1. The highest BCUT2D eigenvalue weighted by Gasteiger charge is 2.51. The SMILES string of the molecule is COc1ccc(C(C)(C)C)cc1NC(=O)CN1C(=O)NC2(CCCCC2)C1=O. The van der Waals surface area contributed by atoms with E-state index in [-0.39, 0.29) is 17.9 Å². The Hall–Kier alpha value is -2.57. The number of carbonyl (C=O) groups excluding carboxylic acids is 3. The van der Waals surface area contributed by atoms with Gasteiger partial charge in [-0.3, -0.25) is 14.5 Å². The lowest BCUT2D eigenvalue weighted by molar-refractivity contribution is -0.134. The summed E-state index contributed by atoms with van der Waals surface area (Å²) in [6.07, 6.45) is 4.15. The van der Waals surface area contributed by atoms with Gasteiger partial charge < -0.3 is 15.4 Å². The number of amides is 4. The van der Waals surface area contributed by atoms with Crippen LogP contribution in [0.15, 0.2) is 18.2 Å². The van der Waals surface area contributed by atoms with Crippen molar-refractivity contribution in [1.82, 2.24) is 10.2 Å². The van der Waals surface area contributed by atoms with Crippen LogP contribution in [0.25, 0.3) is 0 Å². The van der Waals surface area contributed by atoms with Gasteiger partial charge in [0.1, 0.15) is 17.8 Å². The fraction of sp³-hybridized carbons (Fsp3) is 0.571. The van der Waals surface area contributed by atoms with E-state index in [1.165, 1.54) is 7.11 Å². The van der Waals surface area contributed by atoms with Gasteiger partial charge in [-0.1, -0.05) is 46.1 Å². The molecule has 1 saturated carbocycles. The van der Waals surface area contributed by atoms with Gasteiger partial charge in [-0.15, -0.1) is 0 Å². The van der Waals surface area contributed by atoms with Gasteiger partial charge in [-0.2, -0.15) is 0 Å². The standard InChI is InChI=1S/C21H29N3O4/c1-20(2,3)14-8-9-16(28-4)15(12-14)22-17(25)13-24-18(26)21(23-19(24)27)10-6-5-7-11-21/h8-9,12H,5-7,10-11,13H2,1-4H3,(H,22,25)(H,23,27). The Balaban J connectivity index is 1.74. The Bertz CT molecular complexity index is 791. The average Bonchev–Trinajstić information content (AvgIpc) is 2.85. The maximum absolute atomic E-state index is 12.8. The molecule has 2 aliphatic rings. The molecule has 1 aliphatic heterocycles. The highest BCUT2D eigenvalue weighted by Crippen LogP contribution is 2.34. The molecule has 0 unspecified atom stereocenters. The van der Waals surface area contributed by atoms with E-state index < -0.39 is 17.5 Å². The summed E-state index contributed by atoms with van der Waals surface area (Å²) in [4.78, 5) is 38.8. The zero-order valence-electron chi connectivity index (χ0n) is 17.1. The van der Waals surface area contributed by atoms with Gasteiger partial charge in [-0.05, 0) is 36.0 Å². The second-order valence-electron chi connectivity index (χ2n) is 8.68. The molecule has 7 nitrogen and oxygen atoms in total. The van der Waals surface area contributed by atoms with Gasteiger partial charge in [0.15, 0.2) is 0 Å². The molecule has 2 fully saturated rings. The van der Waals surface area contributed by atoms with Gasteiger partial charge in [-0.25, -0.2) is 4.79 Å². The Labute approximate surface area is 165 Å². The van der Waals surface area contributed by atoms with Gasteiger partial charge in [0.2, 0.25) is 5.91 Å². The molecule has 0 radical (unpaired) electrons. The van der Waals surface area contributed by atoms with Crippen molar-refractivity contribution in [3.63, 3.8) is 0 Å². The number of hydrogen-bond acceptors (Lipinski definition) is 4. The van der Waals surface area contributed by atoms with Crippen molar-refractivity contribution < 1.29 is 19.1 Å². The summed E-state index contributed by atoms with van der Waals surface area (Å²) in [5.41, 5.74) is 0.655. The second-order valence-corrected chi connectivity index (χ2v) is 8.68. The molecule has 7 heteroatoms. The second kappa shape index (κ2) is 7.45. The lowest BCUT2D eigenvalue weighted by Gasteiger charge is -2.30. The number of benzene rings is 1.